The molecule has 0 bridgehead atoms. The minimum atomic E-state index is -1.28. The first kappa shape index (κ1) is 25.2. The van der Waals surface area contributed by atoms with Crippen molar-refractivity contribution in [2.45, 2.75) is 19.8 Å². The van der Waals surface area contributed by atoms with Gasteiger partial charge in [0.25, 0.3) is 0 Å². The van der Waals surface area contributed by atoms with Gasteiger partial charge < -0.3 is 20.1 Å². The van der Waals surface area contributed by atoms with E-state index in [9.17, 15) is 19.2 Å². The number of amides is 2. The van der Waals surface area contributed by atoms with Crippen LogP contribution in [0.4, 0.5) is 11.4 Å². The van der Waals surface area contributed by atoms with E-state index in [0.29, 0.717) is 5.56 Å². The summed E-state index contributed by atoms with van der Waals surface area (Å²) >= 11 is 0. The van der Waals surface area contributed by atoms with Gasteiger partial charge in [0, 0.05) is 0 Å². The van der Waals surface area contributed by atoms with Gasteiger partial charge in [0.1, 0.15) is 5.92 Å². The third kappa shape index (κ3) is 6.32. The van der Waals surface area contributed by atoms with Crippen molar-refractivity contribution < 1.29 is 28.7 Å². The molecule has 0 unspecified atom stereocenters. The van der Waals surface area contributed by atoms with E-state index in [2.05, 4.69) is 10.6 Å². The third-order valence-corrected chi connectivity index (χ3v) is 5.02. The highest BCUT2D eigenvalue weighted by Gasteiger charge is 2.30. The second-order valence-electron chi connectivity index (χ2n) is 7.35. The summed E-state index contributed by atoms with van der Waals surface area (Å²) in [6.45, 7) is 3.72. The smallest absolute Gasteiger partial charge is 0.340 e. The number of ether oxygens (including phenoxy) is 2. The van der Waals surface area contributed by atoms with Crippen LogP contribution >= 0.6 is 0 Å². The summed E-state index contributed by atoms with van der Waals surface area (Å²) in [7, 11) is 0. The lowest BCUT2D eigenvalue weighted by Crippen LogP contribution is -2.33. The Morgan fingerprint density at radius 2 is 1.03 bits per heavy atom. The Hall–Kier alpha value is -4.46. The van der Waals surface area contributed by atoms with Gasteiger partial charge in [0.15, 0.2) is 0 Å². The highest BCUT2D eigenvalue weighted by Crippen LogP contribution is 2.24. The molecule has 8 heteroatoms. The summed E-state index contributed by atoms with van der Waals surface area (Å²) < 4.78 is 10.1. The number of esters is 2. The first-order valence-electron chi connectivity index (χ1n) is 11.1. The number of carbonyl (C=O) groups excluding carboxylic acids is 4. The molecular weight excluding hydrogens is 448 g/mol. The number of benzene rings is 3. The minimum Gasteiger partial charge on any atom is -0.462 e. The van der Waals surface area contributed by atoms with Crippen molar-refractivity contribution >= 4 is 35.1 Å². The van der Waals surface area contributed by atoms with E-state index in [1.807, 2.05) is 0 Å². The maximum atomic E-state index is 13.4. The van der Waals surface area contributed by atoms with Gasteiger partial charge in [0.05, 0.1) is 35.7 Å². The third-order valence-electron chi connectivity index (χ3n) is 5.02. The van der Waals surface area contributed by atoms with Crippen LogP contribution in [0.2, 0.25) is 0 Å². The molecule has 0 aliphatic rings. The Kier molecular flexibility index (Phi) is 8.72. The normalized spacial score (nSPS) is 10.4. The summed E-state index contributed by atoms with van der Waals surface area (Å²) in [6.07, 6.45) is 0. The fourth-order valence-corrected chi connectivity index (χ4v) is 3.44. The molecule has 0 saturated heterocycles. The molecule has 0 radical (unpaired) electrons. The minimum absolute atomic E-state index is 0.169. The predicted molar refractivity (Wildman–Crippen MR) is 131 cm³/mol. The molecule has 0 aromatic heterocycles. The Bertz CT molecular complexity index is 1130. The molecule has 3 rings (SSSR count). The molecule has 35 heavy (non-hydrogen) atoms. The Morgan fingerprint density at radius 1 is 0.629 bits per heavy atom. The SMILES string of the molecule is CCOC(=O)c1ccccc1NC(=O)C(C(=O)Nc1ccccc1C(=O)OCC)c1ccccc1. The van der Waals surface area contributed by atoms with E-state index in [4.69, 9.17) is 9.47 Å². The van der Waals surface area contributed by atoms with Crippen molar-refractivity contribution in [1.29, 1.82) is 0 Å². The monoisotopic (exact) mass is 474 g/mol. The molecule has 3 aromatic rings. The molecular formula is C27H26N2O6. The highest BCUT2D eigenvalue weighted by molar-refractivity contribution is 6.17. The van der Waals surface area contributed by atoms with Gasteiger partial charge in [-0.25, -0.2) is 9.59 Å². The molecule has 0 fully saturated rings. The zero-order valence-electron chi connectivity index (χ0n) is 19.4. The van der Waals surface area contributed by atoms with Crippen molar-refractivity contribution in [3.63, 3.8) is 0 Å². The Labute approximate surface area is 203 Å². The van der Waals surface area contributed by atoms with Gasteiger partial charge in [-0.2, -0.15) is 0 Å². The van der Waals surface area contributed by atoms with Crippen LogP contribution in [0.1, 0.15) is 46.0 Å². The Morgan fingerprint density at radius 3 is 1.46 bits per heavy atom. The zero-order valence-corrected chi connectivity index (χ0v) is 19.4. The topological polar surface area (TPSA) is 111 Å². The average Bonchev–Trinajstić information content (AvgIpc) is 2.86. The predicted octanol–water partition coefficient (Wildman–Crippen LogP) is 4.40. The van der Waals surface area contributed by atoms with Crippen molar-refractivity contribution in [3.8, 4) is 0 Å². The molecule has 0 aliphatic carbocycles. The number of rotatable bonds is 9. The maximum absolute atomic E-state index is 13.4. The molecule has 180 valence electrons. The van der Waals surface area contributed by atoms with Gasteiger partial charge in [-0.1, -0.05) is 54.6 Å². The molecule has 0 atom stereocenters. The number of carbonyl (C=O) groups is 4. The van der Waals surface area contributed by atoms with Crippen LogP contribution in [-0.4, -0.2) is 37.0 Å². The molecule has 3 aromatic carbocycles. The first-order valence-corrected chi connectivity index (χ1v) is 11.1. The van der Waals surface area contributed by atoms with E-state index < -0.39 is 29.7 Å². The second kappa shape index (κ2) is 12.1. The number of hydrogen-bond donors (Lipinski definition) is 2. The van der Waals surface area contributed by atoms with Gasteiger partial charge >= 0.3 is 11.9 Å². The molecule has 0 saturated carbocycles. The standard InChI is InChI=1S/C27H26N2O6/c1-3-34-26(32)19-14-8-10-16-21(19)28-24(30)23(18-12-6-5-7-13-18)25(31)29-22-17-11-9-15-20(22)27(33)35-4-2/h5-17,23H,3-4H2,1-2H3,(H,28,30)(H,29,31). The lowest BCUT2D eigenvalue weighted by atomic mass is 9.96. The molecule has 0 heterocycles. The summed E-state index contributed by atoms with van der Waals surface area (Å²) in [5.41, 5.74) is 1.21. The lowest BCUT2D eigenvalue weighted by molar-refractivity contribution is -0.125. The average molecular weight is 475 g/mol. The second-order valence-corrected chi connectivity index (χ2v) is 7.35. The van der Waals surface area contributed by atoms with Gasteiger partial charge in [-0.05, 0) is 43.7 Å². The fourth-order valence-electron chi connectivity index (χ4n) is 3.44. The molecule has 2 N–H and O–H groups in total. The fraction of sp³-hybridized carbons (Fsp3) is 0.185. The van der Waals surface area contributed by atoms with Crippen molar-refractivity contribution in [2.24, 2.45) is 0 Å². The van der Waals surface area contributed by atoms with Crippen LogP contribution in [0, 0.1) is 0 Å². The largest absolute Gasteiger partial charge is 0.462 e. The summed E-state index contributed by atoms with van der Waals surface area (Å²) in [6, 6.07) is 21.3. The van der Waals surface area contributed by atoms with E-state index in [1.165, 1.54) is 12.1 Å². The van der Waals surface area contributed by atoms with Crippen molar-refractivity contribution in [1.82, 2.24) is 0 Å². The summed E-state index contributed by atoms with van der Waals surface area (Å²) in [5.74, 6) is -3.76. The van der Waals surface area contributed by atoms with E-state index in [1.54, 1.807) is 80.6 Å². The molecule has 8 nitrogen and oxygen atoms in total. The maximum Gasteiger partial charge on any atom is 0.340 e. The molecule has 0 aliphatic heterocycles. The van der Waals surface area contributed by atoms with Crippen LogP contribution in [0.5, 0.6) is 0 Å². The first-order chi connectivity index (χ1) is 17.0. The Balaban J connectivity index is 1.92. The number of nitrogens with one attached hydrogen (secondary N) is 2. The van der Waals surface area contributed by atoms with Crippen LogP contribution in [0.15, 0.2) is 78.9 Å². The highest BCUT2D eigenvalue weighted by atomic mass is 16.5. The summed E-state index contributed by atoms with van der Waals surface area (Å²) in [5, 5.41) is 5.36. The van der Waals surface area contributed by atoms with Gasteiger partial charge in [0.2, 0.25) is 11.8 Å². The van der Waals surface area contributed by atoms with E-state index >= 15 is 0 Å². The van der Waals surface area contributed by atoms with Crippen LogP contribution < -0.4 is 10.6 Å². The molecule has 2 amide bonds. The van der Waals surface area contributed by atoms with Crippen molar-refractivity contribution in [2.75, 3.05) is 23.8 Å². The van der Waals surface area contributed by atoms with Crippen LogP contribution in [0.3, 0.4) is 0 Å². The van der Waals surface area contributed by atoms with Gasteiger partial charge in [-0.3, -0.25) is 9.59 Å². The van der Waals surface area contributed by atoms with Crippen LogP contribution in [-0.2, 0) is 19.1 Å². The quantitative estimate of drug-likeness (QED) is 0.351. The lowest BCUT2D eigenvalue weighted by Gasteiger charge is -2.19. The summed E-state index contributed by atoms with van der Waals surface area (Å²) in [4.78, 5) is 51.4. The van der Waals surface area contributed by atoms with Crippen molar-refractivity contribution in [3.05, 3.63) is 95.6 Å². The van der Waals surface area contributed by atoms with Crippen LogP contribution in [0.25, 0.3) is 0 Å². The number of hydrogen-bond acceptors (Lipinski definition) is 6. The zero-order chi connectivity index (χ0) is 25.2. The number of anilines is 2. The van der Waals surface area contributed by atoms with Gasteiger partial charge in [-0.15, -0.1) is 0 Å². The van der Waals surface area contributed by atoms with E-state index in [-0.39, 0.29) is 35.7 Å². The van der Waals surface area contributed by atoms with E-state index in [0.717, 1.165) is 0 Å². The number of para-hydroxylation sites is 2. The molecule has 0 spiro atoms.